The first-order valence-corrected chi connectivity index (χ1v) is 9.91. The number of aryl methyl sites for hydroxylation is 2. The van der Waals surface area contributed by atoms with Gasteiger partial charge in [0.2, 0.25) is 0 Å². The number of benzene rings is 2. The Morgan fingerprint density at radius 2 is 1.46 bits per heavy atom. The highest BCUT2D eigenvalue weighted by molar-refractivity contribution is 6.06. The first-order chi connectivity index (χ1) is 13.5. The summed E-state index contributed by atoms with van der Waals surface area (Å²) in [5.41, 5.74) is 4.09. The average molecular weight is 382 g/mol. The summed E-state index contributed by atoms with van der Waals surface area (Å²) in [6.07, 6.45) is 2.57. The van der Waals surface area contributed by atoms with E-state index in [0.717, 1.165) is 42.6 Å². The van der Waals surface area contributed by atoms with Crippen LogP contribution in [0.5, 0.6) is 0 Å². The zero-order valence-corrected chi connectivity index (χ0v) is 17.3. The molecule has 0 radical (unpaired) electrons. The number of carbonyl (C=O) groups excluding carboxylic acids is 2. The van der Waals surface area contributed by atoms with E-state index < -0.39 is 0 Å². The Kier molecular flexibility index (Phi) is 8.20. The lowest BCUT2D eigenvalue weighted by Gasteiger charge is -2.15. The van der Waals surface area contributed by atoms with Gasteiger partial charge in [0, 0.05) is 23.4 Å². The lowest BCUT2D eigenvalue weighted by atomic mass is 10.0. The minimum atomic E-state index is -0.196. The van der Waals surface area contributed by atoms with Crippen LogP contribution in [-0.4, -0.2) is 43.9 Å². The molecule has 0 aliphatic heterocycles. The number of anilines is 1. The van der Waals surface area contributed by atoms with Crippen molar-refractivity contribution in [3.63, 3.8) is 0 Å². The van der Waals surface area contributed by atoms with Crippen LogP contribution in [0, 0.1) is 0 Å². The molecule has 2 aromatic carbocycles. The molecule has 5 nitrogen and oxygen atoms in total. The third kappa shape index (κ3) is 5.92. The van der Waals surface area contributed by atoms with Gasteiger partial charge in [-0.3, -0.25) is 9.59 Å². The van der Waals surface area contributed by atoms with Crippen LogP contribution >= 0.6 is 0 Å². The largest absolute Gasteiger partial charge is 0.352 e. The van der Waals surface area contributed by atoms with Crippen LogP contribution in [0.15, 0.2) is 42.5 Å². The zero-order valence-electron chi connectivity index (χ0n) is 17.3. The lowest BCUT2D eigenvalue weighted by molar-refractivity contribution is 0.0952. The van der Waals surface area contributed by atoms with Crippen LogP contribution < -0.4 is 10.6 Å². The molecule has 0 aromatic heterocycles. The number of para-hydroxylation sites is 1. The topological polar surface area (TPSA) is 61.4 Å². The number of nitrogens with zero attached hydrogens (tertiary/aromatic N) is 1. The molecule has 0 unspecified atom stereocenters. The Morgan fingerprint density at radius 1 is 0.893 bits per heavy atom. The number of amides is 2. The maximum Gasteiger partial charge on any atom is 0.255 e. The predicted molar refractivity (Wildman–Crippen MR) is 115 cm³/mol. The molecule has 0 atom stereocenters. The molecule has 0 fully saturated rings. The van der Waals surface area contributed by atoms with Gasteiger partial charge < -0.3 is 15.5 Å². The van der Waals surface area contributed by atoms with Gasteiger partial charge in [0.05, 0.1) is 0 Å². The van der Waals surface area contributed by atoms with E-state index in [1.807, 2.05) is 32.3 Å². The normalized spacial score (nSPS) is 10.8. The number of rotatable bonds is 9. The average Bonchev–Trinajstić information content (AvgIpc) is 2.71. The molecule has 2 amide bonds. The van der Waals surface area contributed by atoms with Crippen molar-refractivity contribution in [2.45, 2.75) is 33.1 Å². The molecule has 0 saturated heterocycles. The van der Waals surface area contributed by atoms with Crippen molar-refractivity contribution in [1.82, 2.24) is 10.2 Å². The first-order valence-electron chi connectivity index (χ1n) is 9.91. The van der Waals surface area contributed by atoms with Crippen molar-refractivity contribution in [1.29, 1.82) is 0 Å². The molecule has 0 spiro atoms. The quantitative estimate of drug-likeness (QED) is 0.651. The Labute approximate surface area is 168 Å². The van der Waals surface area contributed by atoms with E-state index >= 15 is 0 Å². The molecule has 2 N–H and O–H groups in total. The molecule has 28 heavy (non-hydrogen) atoms. The molecular formula is C23H31N3O2. The maximum atomic E-state index is 12.8. The third-order valence-electron chi connectivity index (χ3n) is 4.69. The van der Waals surface area contributed by atoms with Crippen molar-refractivity contribution < 1.29 is 9.59 Å². The molecule has 0 saturated carbocycles. The molecule has 2 aromatic rings. The van der Waals surface area contributed by atoms with Crippen LogP contribution in [0.2, 0.25) is 0 Å². The highest BCUT2D eigenvalue weighted by atomic mass is 16.2. The van der Waals surface area contributed by atoms with Crippen molar-refractivity contribution in [2.75, 3.05) is 32.5 Å². The van der Waals surface area contributed by atoms with E-state index in [0.29, 0.717) is 17.7 Å². The van der Waals surface area contributed by atoms with E-state index in [9.17, 15) is 9.59 Å². The number of hydrogen-bond acceptors (Lipinski definition) is 3. The lowest BCUT2D eigenvalue weighted by Crippen LogP contribution is -2.27. The number of nitrogens with one attached hydrogen (secondary N) is 2. The summed E-state index contributed by atoms with van der Waals surface area (Å²) in [5.74, 6) is -0.352. The highest BCUT2D eigenvalue weighted by Gasteiger charge is 2.14. The van der Waals surface area contributed by atoms with Gasteiger partial charge in [-0.2, -0.15) is 0 Å². The summed E-state index contributed by atoms with van der Waals surface area (Å²) in [5, 5.41) is 5.96. The van der Waals surface area contributed by atoms with Crippen molar-refractivity contribution in [3.8, 4) is 0 Å². The van der Waals surface area contributed by atoms with Crippen molar-refractivity contribution in [2.24, 2.45) is 0 Å². The third-order valence-corrected chi connectivity index (χ3v) is 4.69. The Morgan fingerprint density at radius 3 is 2.04 bits per heavy atom. The highest BCUT2D eigenvalue weighted by Crippen LogP contribution is 2.23. The molecule has 2 rings (SSSR count). The molecule has 0 aliphatic carbocycles. The van der Waals surface area contributed by atoms with E-state index in [1.165, 1.54) is 0 Å². The smallest absolute Gasteiger partial charge is 0.255 e. The van der Waals surface area contributed by atoms with Crippen LogP contribution in [0.25, 0.3) is 0 Å². The molecule has 0 heterocycles. The van der Waals surface area contributed by atoms with Crippen molar-refractivity contribution >= 4 is 17.5 Å². The number of hydrogen-bond donors (Lipinski definition) is 2. The van der Waals surface area contributed by atoms with Gasteiger partial charge in [-0.25, -0.2) is 0 Å². The molecule has 5 heteroatoms. The minimum Gasteiger partial charge on any atom is -0.352 e. The van der Waals surface area contributed by atoms with Gasteiger partial charge in [-0.1, -0.05) is 38.1 Å². The molecule has 150 valence electrons. The fraction of sp³-hybridized carbons (Fsp3) is 0.391. The minimum absolute atomic E-state index is 0.156. The summed E-state index contributed by atoms with van der Waals surface area (Å²) < 4.78 is 0. The predicted octanol–water partition coefficient (Wildman–Crippen LogP) is 3.75. The second-order valence-corrected chi connectivity index (χ2v) is 7.11. The van der Waals surface area contributed by atoms with Gasteiger partial charge in [-0.05, 0) is 69.2 Å². The Bertz CT molecular complexity index is 793. The summed E-state index contributed by atoms with van der Waals surface area (Å²) >= 11 is 0. The van der Waals surface area contributed by atoms with Crippen LogP contribution in [0.3, 0.4) is 0 Å². The van der Waals surface area contributed by atoms with Gasteiger partial charge >= 0.3 is 0 Å². The second kappa shape index (κ2) is 10.6. The summed E-state index contributed by atoms with van der Waals surface area (Å²) in [4.78, 5) is 27.3. The second-order valence-electron chi connectivity index (χ2n) is 7.11. The van der Waals surface area contributed by atoms with E-state index in [1.54, 1.807) is 24.3 Å². The summed E-state index contributed by atoms with van der Waals surface area (Å²) in [6.45, 7) is 5.67. The summed E-state index contributed by atoms with van der Waals surface area (Å²) in [7, 11) is 4.01. The molecular weight excluding hydrogens is 350 g/mol. The monoisotopic (exact) mass is 381 g/mol. The van der Waals surface area contributed by atoms with Crippen molar-refractivity contribution in [3.05, 3.63) is 64.7 Å². The fourth-order valence-electron chi connectivity index (χ4n) is 3.09. The fourth-order valence-corrected chi connectivity index (χ4v) is 3.09. The Balaban J connectivity index is 2.09. The van der Waals surface area contributed by atoms with Gasteiger partial charge in [0.15, 0.2) is 0 Å². The Hall–Kier alpha value is -2.66. The van der Waals surface area contributed by atoms with E-state index in [-0.39, 0.29) is 11.8 Å². The van der Waals surface area contributed by atoms with Crippen LogP contribution in [0.4, 0.5) is 5.69 Å². The van der Waals surface area contributed by atoms with E-state index in [4.69, 9.17) is 0 Å². The maximum absolute atomic E-state index is 12.8. The van der Waals surface area contributed by atoms with Gasteiger partial charge in [0.25, 0.3) is 11.8 Å². The SMILES string of the molecule is CCc1cccc(CC)c1NC(=O)c1cccc(C(=O)NCCCN(C)C)c1. The molecule has 0 bridgehead atoms. The standard InChI is InChI=1S/C23H31N3O2/c1-5-17-10-7-11-18(6-2)21(17)25-23(28)20-13-8-12-19(16-20)22(27)24-14-9-15-26(3)4/h7-8,10-13,16H,5-6,9,14-15H2,1-4H3,(H,24,27)(H,25,28). The first kappa shape index (κ1) is 21.6. The zero-order chi connectivity index (χ0) is 20.5. The van der Waals surface area contributed by atoms with E-state index in [2.05, 4.69) is 29.4 Å². The van der Waals surface area contributed by atoms with Crippen LogP contribution in [-0.2, 0) is 12.8 Å². The summed E-state index contributed by atoms with van der Waals surface area (Å²) in [6, 6.07) is 13.0. The van der Waals surface area contributed by atoms with Gasteiger partial charge in [0.1, 0.15) is 0 Å². The number of carbonyl (C=O) groups is 2. The molecule has 0 aliphatic rings. The van der Waals surface area contributed by atoms with Gasteiger partial charge in [-0.15, -0.1) is 0 Å². The van der Waals surface area contributed by atoms with Crippen LogP contribution in [0.1, 0.15) is 52.1 Å².